The van der Waals surface area contributed by atoms with Crippen LogP contribution in [0.4, 0.5) is 14.9 Å². The lowest BCUT2D eigenvalue weighted by Crippen LogP contribution is -2.46. The summed E-state index contributed by atoms with van der Waals surface area (Å²) in [5.74, 6) is 0.435. The molecule has 3 heterocycles. The third-order valence-corrected chi connectivity index (χ3v) is 6.70. The van der Waals surface area contributed by atoms with Gasteiger partial charge in [-0.15, -0.1) is 11.3 Å². The zero-order chi connectivity index (χ0) is 23.1. The van der Waals surface area contributed by atoms with Gasteiger partial charge >= 0.3 is 6.03 Å². The highest BCUT2D eigenvalue weighted by Crippen LogP contribution is 2.39. The van der Waals surface area contributed by atoms with E-state index in [1.165, 1.54) is 23.5 Å². The van der Waals surface area contributed by atoms with Crippen molar-refractivity contribution in [3.63, 3.8) is 0 Å². The minimum Gasteiger partial charge on any atom is -0.334 e. The second-order valence-electron chi connectivity index (χ2n) is 7.94. The van der Waals surface area contributed by atoms with E-state index in [1.54, 1.807) is 17.0 Å². The lowest BCUT2D eigenvalue weighted by atomic mass is 9.94. The van der Waals surface area contributed by atoms with E-state index in [2.05, 4.69) is 15.5 Å². The maximum absolute atomic E-state index is 13.6. The predicted molar refractivity (Wildman–Crippen MR) is 126 cm³/mol. The molecule has 4 aromatic rings. The summed E-state index contributed by atoms with van der Waals surface area (Å²) in [6.07, 6.45) is 0. The monoisotopic (exact) mass is 460 g/mol. The maximum Gasteiger partial charge on any atom is 0.326 e. The lowest BCUT2D eigenvalue weighted by Gasteiger charge is -2.35. The van der Waals surface area contributed by atoms with Gasteiger partial charge in [0.05, 0.1) is 22.2 Å². The van der Waals surface area contributed by atoms with Gasteiger partial charge in [-0.25, -0.2) is 9.18 Å². The number of halogens is 1. The molecular weight excluding hydrogens is 439 g/mol. The van der Waals surface area contributed by atoms with Gasteiger partial charge in [-0.3, -0.25) is 4.90 Å². The number of thiophene rings is 1. The molecule has 0 bridgehead atoms. The van der Waals surface area contributed by atoms with Crippen molar-refractivity contribution in [2.75, 3.05) is 4.90 Å². The number of carbonyl (C=O) groups excluding carboxylic acids is 1. The predicted octanol–water partition coefficient (Wildman–Crippen LogP) is 6.26. The molecule has 0 saturated carbocycles. The Balaban J connectivity index is 1.67. The quantitative estimate of drug-likeness (QED) is 0.390. The van der Waals surface area contributed by atoms with Crippen LogP contribution in [0.1, 0.15) is 35.5 Å². The third kappa shape index (κ3) is 3.82. The van der Waals surface area contributed by atoms with Gasteiger partial charge in [0.15, 0.2) is 0 Å². The van der Waals surface area contributed by atoms with E-state index in [0.29, 0.717) is 23.0 Å². The van der Waals surface area contributed by atoms with Gasteiger partial charge in [0.2, 0.25) is 5.82 Å². The first kappa shape index (κ1) is 21.1. The molecule has 0 saturated heterocycles. The van der Waals surface area contributed by atoms with Crippen molar-refractivity contribution < 1.29 is 13.7 Å². The van der Waals surface area contributed by atoms with Crippen LogP contribution in [-0.4, -0.2) is 16.2 Å². The maximum atomic E-state index is 13.6. The number of anilines is 1. The van der Waals surface area contributed by atoms with E-state index < -0.39 is 6.04 Å². The first-order chi connectivity index (χ1) is 15.9. The molecule has 1 aliphatic heterocycles. The van der Waals surface area contributed by atoms with E-state index in [4.69, 9.17) is 4.52 Å². The van der Waals surface area contributed by atoms with Crippen molar-refractivity contribution in [3.05, 3.63) is 94.1 Å². The number of hydrogen-bond acceptors (Lipinski definition) is 5. The highest BCUT2D eigenvalue weighted by Gasteiger charge is 2.36. The summed E-state index contributed by atoms with van der Waals surface area (Å²) >= 11 is 1.51. The van der Waals surface area contributed by atoms with E-state index in [1.807, 2.05) is 56.5 Å². The molecule has 8 heteroatoms. The number of hydrogen-bond donors (Lipinski definition) is 1. The van der Waals surface area contributed by atoms with Crippen LogP contribution in [0, 0.1) is 19.7 Å². The zero-order valence-electron chi connectivity index (χ0n) is 18.3. The van der Waals surface area contributed by atoms with Crippen molar-refractivity contribution in [1.29, 1.82) is 0 Å². The molecule has 1 atom stereocenters. The van der Waals surface area contributed by atoms with Crippen LogP contribution in [0.2, 0.25) is 0 Å². The van der Waals surface area contributed by atoms with Crippen molar-refractivity contribution in [2.45, 2.75) is 26.8 Å². The molecule has 0 aliphatic carbocycles. The number of carbonyl (C=O) groups is 1. The molecule has 6 nitrogen and oxygen atoms in total. The average Bonchev–Trinajstić information content (AvgIpc) is 3.48. The molecule has 0 radical (unpaired) electrons. The number of allylic oxidation sites excluding steroid dienone is 1. The first-order valence-electron chi connectivity index (χ1n) is 10.4. The summed E-state index contributed by atoms with van der Waals surface area (Å²) < 4.78 is 19.3. The molecular formula is C25H21FN4O2S. The third-order valence-electron chi connectivity index (χ3n) is 5.83. The van der Waals surface area contributed by atoms with Gasteiger partial charge in [-0.2, -0.15) is 4.98 Å². The number of benzene rings is 2. The van der Waals surface area contributed by atoms with Crippen molar-refractivity contribution in [1.82, 2.24) is 15.5 Å². The summed E-state index contributed by atoms with van der Waals surface area (Å²) in [7, 11) is 0. The summed E-state index contributed by atoms with van der Waals surface area (Å²) in [6, 6.07) is 14.9. The van der Waals surface area contributed by atoms with Crippen LogP contribution < -0.4 is 10.2 Å². The fraction of sp³-hybridized carbons (Fsp3) is 0.160. The Kier molecular flexibility index (Phi) is 5.30. The number of rotatable bonds is 4. The first-order valence-corrected chi connectivity index (χ1v) is 11.3. The molecule has 0 fully saturated rings. The molecule has 2 aromatic carbocycles. The second kappa shape index (κ2) is 8.29. The Bertz CT molecular complexity index is 1360. The molecule has 166 valence electrons. The summed E-state index contributed by atoms with van der Waals surface area (Å²) in [5.41, 5.74) is 5.00. The summed E-state index contributed by atoms with van der Waals surface area (Å²) in [6.45, 7) is 5.89. The topological polar surface area (TPSA) is 71.3 Å². The molecule has 5 rings (SSSR count). The second-order valence-corrected chi connectivity index (χ2v) is 8.89. The molecule has 33 heavy (non-hydrogen) atoms. The van der Waals surface area contributed by atoms with Crippen LogP contribution in [0.15, 0.2) is 70.2 Å². The number of aryl methyl sites for hydroxylation is 2. The number of urea groups is 1. The Morgan fingerprint density at radius 2 is 1.85 bits per heavy atom. The van der Waals surface area contributed by atoms with Gasteiger partial charge in [0.1, 0.15) is 5.82 Å². The highest BCUT2D eigenvalue weighted by atomic mass is 32.1. The number of amides is 2. The largest absolute Gasteiger partial charge is 0.334 e. The summed E-state index contributed by atoms with van der Waals surface area (Å²) in [4.78, 5) is 20.4. The Hall–Kier alpha value is -3.78. The Morgan fingerprint density at radius 3 is 2.55 bits per heavy atom. The molecule has 2 amide bonds. The smallest absolute Gasteiger partial charge is 0.326 e. The van der Waals surface area contributed by atoms with Crippen LogP contribution in [-0.2, 0) is 0 Å². The number of nitrogens with one attached hydrogen (secondary N) is 1. The number of nitrogens with zero attached hydrogens (tertiary/aromatic N) is 3. The van der Waals surface area contributed by atoms with Crippen molar-refractivity contribution >= 4 is 28.6 Å². The molecule has 1 unspecified atom stereocenters. The lowest BCUT2D eigenvalue weighted by molar-refractivity contribution is 0.244. The van der Waals surface area contributed by atoms with E-state index in [0.717, 1.165) is 27.3 Å². The zero-order valence-corrected chi connectivity index (χ0v) is 19.1. The highest BCUT2D eigenvalue weighted by molar-refractivity contribution is 7.13. The SMILES string of the molecule is CC1=C(c2nc(-c3cccs3)no2)C(c2ccc(F)cc2)NC(=O)N1c1ccc(C)c(C)c1. The van der Waals surface area contributed by atoms with Gasteiger partial charge < -0.3 is 9.84 Å². The minimum absolute atomic E-state index is 0.285. The normalized spacial score (nSPS) is 16.3. The molecule has 0 spiro atoms. The number of aromatic nitrogens is 2. The van der Waals surface area contributed by atoms with E-state index in [-0.39, 0.29) is 11.8 Å². The fourth-order valence-corrected chi connectivity index (χ4v) is 4.59. The summed E-state index contributed by atoms with van der Waals surface area (Å²) in [5, 5.41) is 9.14. The minimum atomic E-state index is -0.572. The van der Waals surface area contributed by atoms with E-state index in [9.17, 15) is 9.18 Å². The van der Waals surface area contributed by atoms with E-state index >= 15 is 0 Å². The van der Waals surface area contributed by atoms with Crippen LogP contribution in [0.5, 0.6) is 0 Å². The van der Waals surface area contributed by atoms with Gasteiger partial charge in [-0.1, -0.05) is 29.4 Å². The molecule has 2 aromatic heterocycles. The van der Waals surface area contributed by atoms with Crippen molar-refractivity contribution in [3.8, 4) is 10.7 Å². The van der Waals surface area contributed by atoms with Crippen molar-refractivity contribution in [2.24, 2.45) is 0 Å². The fourth-order valence-electron chi connectivity index (χ4n) is 3.94. The van der Waals surface area contributed by atoms with Crippen LogP contribution >= 0.6 is 11.3 Å². The Labute approximate surface area is 194 Å². The molecule has 1 aliphatic rings. The van der Waals surface area contributed by atoms with Gasteiger partial charge in [-0.05, 0) is 73.2 Å². The van der Waals surface area contributed by atoms with Gasteiger partial charge in [0.25, 0.3) is 5.89 Å². The van der Waals surface area contributed by atoms with Crippen LogP contribution in [0.25, 0.3) is 16.3 Å². The standard InChI is InChI=1S/C25H21FN4O2S/c1-14-6-11-19(13-15(14)2)30-16(3)21(24-28-23(29-32-24)20-5-4-12-33-20)22(27-25(30)31)17-7-9-18(26)10-8-17/h4-13,22H,1-3H3,(H,27,31). The Morgan fingerprint density at radius 1 is 1.06 bits per heavy atom. The van der Waals surface area contributed by atoms with Gasteiger partial charge in [0, 0.05) is 5.70 Å². The average molecular weight is 461 g/mol. The molecule has 1 N–H and O–H groups in total. The van der Waals surface area contributed by atoms with Crippen LogP contribution in [0.3, 0.4) is 0 Å².